The van der Waals surface area contributed by atoms with Crippen molar-refractivity contribution in [3.63, 3.8) is 0 Å². The summed E-state index contributed by atoms with van der Waals surface area (Å²) in [6.45, 7) is 6.52. The Morgan fingerprint density at radius 1 is 0.981 bits per heavy atom. The van der Waals surface area contributed by atoms with Gasteiger partial charge >= 0.3 is 0 Å². The summed E-state index contributed by atoms with van der Waals surface area (Å²) in [5, 5.41) is 13.5. The number of benzene rings is 2. The lowest BCUT2D eigenvalue weighted by atomic mass is 9.97. The summed E-state index contributed by atoms with van der Waals surface area (Å²) in [5.74, 6) is 0.742. The molecule has 5 rings (SSSR count). The van der Waals surface area contributed by atoms with Crippen molar-refractivity contribution < 1.29 is 28.7 Å². The quantitative estimate of drug-likeness (QED) is 0.246. The topological polar surface area (TPSA) is 175 Å². The van der Waals surface area contributed by atoms with E-state index in [4.69, 9.17) is 14.5 Å². The summed E-state index contributed by atoms with van der Waals surface area (Å²) < 4.78 is 14.2. The lowest BCUT2D eigenvalue weighted by molar-refractivity contribution is -0.130. The Labute approximate surface area is 309 Å². The first kappa shape index (κ1) is 38.5. The second-order valence-corrected chi connectivity index (χ2v) is 13.2. The predicted molar refractivity (Wildman–Crippen MR) is 197 cm³/mol. The summed E-state index contributed by atoms with van der Waals surface area (Å²) in [7, 11) is 3.13. The van der Waals surface area contributed by atoms with Crippen molar-refractivity contribution in [3.8, 4) is 17.2 Å². The van der Waals surface area contributed by atoms with Gasteiger partial charge in [0.15, 0.2) is 17.3 Å². The first-order chi connectivity index (χ1) is 25.6. The predicted octanol–water partition coefficient (Wildman–Crippen LogP) is 3.22. The molecule has 3 atom stereocenters. The van der Waals surface area contributed by atoms with Gasteiger partial charge in [0.1, 0.15) is 18.4 Å². The normalized spacial score (nSPS) is 18.4. The minimum absolute atomic E-state index is 0.129. The van der Waals surface area contributed by atoms with E-state index >= 15 is 0 Å². The number of nitrogens with one attached hydrogen (secondary N) is 3. The fourth-order valence-electron chi connectivity index (χ4n) is 6.21. The molecule has 0 saturated carbocycles. The lowest BCUT2D eigenvalue weighted by Crippen LogP contribution is -2.51. The zero-order valence-electron chi connectivity index (χ0n) is 31.0. The zero-order valence-corrected chi connectivity index (χ0v) is 31.0. The average Bonchev–Trinajstić information content (AvgIpc) is 3.84. The monoisotopic (exact) mass is 727 g/mol. The number of carbonyl (C=O) groups excluding carboxylic acids is 4. The van der Waals surface area contributed by atoms with Gasteiger partial charge in [-0.3, -0.25) is 19.2 Å². The van der Waals surface area contributed by atoms with E-state index in [1.165, 1.54) is 4.68 Å². The Morgan fingerprint density at radius 2 is 1.74 bits per heavy atom. The summed E-state index contributed by atoms with van der Waals surface area (Å²) in [6, 6.07) is 11.3. The van der Waals surface area contributed by atoms with Gasteiger partial charge in [0.25, 0.3) is 5.91 Å². The molecule has 0 aliphatic carbocycles. The van der Waals surface area contributed by atoms with Crippen LogP contribution in [-0.2, 0) is 27.3 Å². The number of ether oxygens (including phenoxy) is 2. The molecule has 282 valence electrons. The summed E-state index contributed by atoms with van der Waals surface area (Å²) in [5.41, 5.74) is 2.25. The molecule has 1 aliphatic heterocycles. The molecule has 0 spiro atoms. The molecule has 0 bridgehead atoms. The number of rotatable bonds is 8. The van der Waals surface area contributed by atoms with Crippen LogP contribution in [0.3, 0.4) is 0 Å². The Kier molecular flexibility index (Phi) is 13.2. The number of amides is 4. The van der Waals surface area contributed by atoms with Gasteiger partial charge in [-0.15, -0.1) is 0 Å². The fourth-order valence-corrected chi connectivity index (χ4v) is 6.21. The van der Waals surface area contributed by atoms with E-state index in [2.05, 4.69) is 26.0 Å². The van der Waals surface area contributed by atoms with Gasteiger partial charge in [0.2, 0.25) is 17.7 Å². The molecule has 3 N–H and O–H groups in total. The highest BCUT2D eigenvalue weighted by Crippen LogP contribution is 2.28. The molecule has 0 radical (unpaired) electrons. The highest BCUT2D eigenvalue weighted by atomic mass is 16.5. The molecule has 1 aliphatic rings. The molecule has 0 fully saturated rings. The molecule has 2 aromatic heterocycles. The number of imidazole rings is 1. The van der Waals surface area contributed by atoms with Gasteiger partial charge < -0.3 is 34.9 Å². The third kappa shape index (κ3) is 9.99. The number of aromatic nitrogens is 5. The van der Waals surface area contributed by atoms with Crippen LogP contribution in [0.5, 0.6) is 11.5 Å². The number of carbonyl (C=O) groups is 4. The fraction of sp³-hybridized carbons (Fsp3) is 0.447. The van der Waals surface area contributed by atoms with Gasteiger partial charge in [0.05, 0.1) is 26.6 Å². The van der Waals surface area contributed by atoms with Crippen LogP contribution in [0.15, 0.2) is 61.2 Å². The van der Waals surface area contributed by atoms with E-state index < -0.39 is 12.1 Å². The van der Waals surface area contributed by atoms with E-state index in [0.29, 0.717) is 74.0 Å². The molecule has 4 aromatic rings. The van der Waals surface area contributed by atoms with Crippen LogP contribution >= 0.6 is 0 Å². The first-order valence-electron chi connectivity index (χ1n) is 18.0. The van der Waals surface area contributed by atoms with Crippen LogP contribution in [0.1, 0.15) is 80.1 Å². The largest absolute Gasteiger partial charge is 0.493 e. The molecular weight excluding hydrogens is 678 g/mol. The molecule has 2 aromatic carbocycles. The Morgan fingerprint density at radius 3 is 2.43 bits per heavy atom. The van der Waals surface area contributed by atoms with Crippen LogP contribution < -0.4 is 25.4 Å². The number of nitrogens with zero attached hydrogens (tertiary/aromatic N) is 6. The third-order valence-corrected chi connectivity index (χ3v) is 9.37. The minimum atomic E-state index is -0.800. The number of hydrogen-bond acceptors (Lipinski definition) is 9. The number of hydrogen-bond donors (Lipinski definition) is 3. The van der Waals surface area contributed by atoms with Crippen molar-refractivity contribution in [2.75, 3.05) is 33.9 Å². The van der Waals surface area contributed by atoms with Crippen molar-refractivity contribution in [1.82, 2.24) is 45.2 Å². The van der Waals surface area contributed by atoms with Crippen molar-refractivity contribution >= 4 is 23.6 Å². The van der Waals surface area contributed by atoms with Gasteiger partial charge in [-0.1, -0.05) is 26.3 Å². The summed E-state index contributed by atoms with van der Waals surface area (Å²) in [6.07, 6.45) is 7.20. The lowest BCUT2D eigenvalue weighted by Gasteiger charge is -2.26. The van der Waals surface area contributed by atoms with Crippen LogP contribution in [-0.4, -0.2) is 92.7 Å². The number of fused-ring (bicyclic) bond motifs is 1. The summed E-state index contributed by atoms with van der Waals surface area (Å²) >= 11 is 0. The third-order valence-electron chi connectivity index (χ3n) is 9.37. The van der Waals surface area contributed by atoms with Gasteiger partial charge in [-0.25, -0.2) is 14.6 Å². The zero-order chi connectivity index (χ0) is 37.9. The molecule has 0 unspecified atom stereocenters. The van der Waals surface area contributed by atoms with Crippen molar-refractivity contribution in [3.05, 3.63) is 84.0 Å². The average molecular weight is 728 g/mol. The molecule has 15 nitrogen and oxygen atoms in total. The number of methoxy groups -OCH3 is 2. The van der Waals surface area contributed by atoms with Crippen molar-refractivity contribution in [2.45, 2.75) is 71.5 Å². The Bertz CT molecular complexity index is 1860. The molecule has 0 saturated heterocycles. The van der Waals surface area contributed by atoms with E-state index in [1.54, 1.807) is 56.8 Å². The maximum absolute atomic E-state index is 13.7. The molecule has 15 heteroatoms. The minimum Gasteiger partial charge on any atom is -0.493 e. The van der Waals surface area contributed by atoms with E-state index in [-0.39, 0.29) is 42.5 Å². The van der Waals surface area contributed by atoms with E-state index in [1.807, 2.05) is 48.9 Å². The first-order valence-corrected chi connectivity index (χ1v) is 18.0. The molecule has 3 heterocycles. The molecule has 4 amide bonds. The standard InChI is InChI=1S/C38H49N9O6/c1-6-25(2)35-37(50)41-26(3)36-42-32(22-27-10-15-30(52-4)31(21-27)53-5)44-47(36)23-34(49)40-16-8-19-45(18-7-9-33(48)43-35)38(51)28-11-13-29(14-12-28)46-20-17-39-24-46/h10-15,17,20-21,24-26,35H,6-9,16,18-19,22-23H2,1-5H3,(H,40,49)(H,41,50)(H,43,48)/t25-,26+,35-/m0/s1. The van der Waals surface area contributed by atoms with Crippen LogP contribution in [0, 0.1) is 5.92 Å². The van der Waals surface area contributed by atoms with E-state index in [9.17, 15) is 19.2 Å². The second-order valence-electron chi connectivity index (χ2n) is 13.2. The second kappa shape index (κ2) is 18.2. The van der Waals surface area contributed by atoms with Crippen LogP contribution in [0.2, 0.25) is 0 Å². The Balaban J connectivity index is 1.37. The smallest absolute Gasteiger partial charge is 0.253 e. The maximum Gasteiger partial charge on any atom is 0.253 e. The van der Waals surface area contributed by atoms with Crippen molar-refractivity contribution in [1.29, 1.82) is 0 Å². The molecule has 53 heavy (non-hydrogen) atoms. The maximum atomic E-state index is 13.7. The van der Waals surface area contributed by atoms with Crippen LogP contribution in [0.25, 0.3) is 5.69 Å². The summed E-state index contributed by atoms with van der Waals surface area (Å²) in [4.78, 5) is 64.4. The molecular formula is C38H49N9O6. The Hall–Kier alpha value is -5.73. The van der Waals surface area contributed by atoms with Gasteiger partial charge in [0, 0.05) is 56.1 Å². The highest BCUT2D eigenvalue weighted by molar-refractivity contribution is 5.94. The van der Waals surface area contributed by atoms with Gasteiger partial charge in [-0.05, 0) is 67.6 Å². The SMILES string of the molecule is CC[C@H](C)[C@@H]1NC(=O)CCCN(C(=O)c2ccc(-n3ccnc3)cc2)CCCNC(=O)Cn2nc(Cc3ccc(OC)c(OC)c3)nc2[C@@H](C)NC1=O. The van der Waals surface area contributed by atoms with Gasteiger partial charge in [-0.2, -0.15) is 5.10 Å². The van der Waals surface area contributed by atoms with Crippen LogP contribution in [0.4, 0.5) is 0 Å². The van der Waals surface area contributed by atoms with E-state index in [0.717, 1.165) is 11.3 Å². The highest BCUT2D eigenvalue weighted by Gasteiger charge is 2.29. The van der Waals surface area contributed by atoms with Crippen molar-refractivity contribution in [2.24, 2.45) is 5.92 Å².